The number of aliphatic imine (C=N–C) groups is 1. The van der Waals surface area contributed by atoms with Crippen LogP contribution in [0.25, 0.3) is 49.9 Å². The molecule has 0 saturated heterocycles. The summed E-state index contributed by atoms with van der Waals surface area (Å²) in [6.45, 7) is 2.35. The second-order valence-electron chi connectivity index (χ2n) is 16.5. The van der Waals surface area contributed by atoms with Gasteiger partial charge in [0.15, 0.2) is 0 Å². The summed E-state index contributed by atoms with van der Waals surface area (Å²) in [6.07, 6.45) is 5.97. The summed E-state index contributed by atoms with van der Waals surface area (Å²) >= 11 is 0. The van der Waals surface area contributed by atoms with Crippen LogP contribution < -0.4 is 0 Å². The zero-order valence-electron chi connectivity index (χ0n) is 34.4. The summed E-state index contributed by atoms with van der Waals surface area (Å²) in [7, 11) is 0. The quantitative estimate of drug-likeness (QED) is 0.160. The molecule has 0 bridgehead atoms. The second-order valence-corrected chi connectivity index (χ2v) is 16.5. The SMILES string of the molecule is C/C1=C(/c2ccc3c(c2)C(c2ccccc2)(c2ccccc2)c2ccccc2-3)CC/C=C(c2ccc(-n3c4ccccc4c4ccccc43)cc2)\N=C(\c2ccccc2)CC1. The molecule has 1 aromatic heterocycles. The van der Waals surface area contributed by atoms with Gasteiger partial charge in [0.05, 0.1) is 22.1 Å². The number of rotatable bonds is 6. The molecule has 0 fully saturated rings. The first-order valence-electron chi connectivity index (χ1n) is 21.6. The molecule has 61 heavy (non-hydrogen) atoms. The predicted molar refractivity (Wildman–Crippen MR) is 257 cm³/mol. The maximum atomic E-state index is 5.51. The third-order valence-corrected chi connectivity index (χ3v) is 13.2. The van der Waals surface area contributed by atoms with E-state index in [1.54, 1.807) is 0 Å². The van der Waals surface area contributed by atoms with Gasteiger partial charge in [-0.25, -0.2) is 0 Å². The number of benzene rings is 8. The van der Waals surface area contributed by atoms with Gasteiger partial charge >= 0.3 is 0 Å². The van der Waals surface area contributed by atoms with E-state index >= 15 is 0 Å². The van der Waals surface area contributed by atoms with E-state index in [0.29, 0.717) is 0 Å². The summed E-state index contributed by atoms with van der Waals surface area (Å²) in [5.41, 5.74) is 19.7. The molecular formula is C59H46N2. The van der Waals surface area contributed by atoms with E-state index in [-0.39, 0.29) is 0 Å². The molecule has 0 atom stereocenters. The highest BCUT2D eigenvalue weighted by Crippen LogP contribution is 2.56. The van der Waals surface area contributed by atoms with Crippen LogP contribution >= 0.6 is 0 Å². The Labute approximate surface area is 358 Å². The van der Waals surface area contributed by atoms with E-state index in [2.05, 4.69) is 224 Å². The van der Waals surface area contributed by atoms with Crippen molar-refractivity contribution in [2.45, 2.75) is 38.0 Å². The number of aromatic nitrogens is 1. The Hall–Kier alpha value is -7.29. The maximum absolute atomic E-state index is 5.51. The third kappa shape index (κ3) is 6.21. The summed E-state index contributed by atoms with van der Waals surface area (Å²) in [5.74, 6) is 0. The van der Waals surface area contributed by atoms with Gasteiger partial charge in [0, 0.05) is 22.2 Å². The molecule has 0 N–H and O–H groups in total. The highest BCUT2D eigenvalue weighted by molar-refractivity contribution is 6.09. The van der Waals surface area contributed by atoms with Gasteiger partial charge in [0.2, 0.25) is 0 Å². The molecule has 1 aliphatic heterocycles. The molecule has 9 aromatic rings. The van der Waals surface area contributed by atoms with Crippen LogP contribution in [0.4, 0.5) is 0 Å². The second kappa shape index (κ2) is 15.4. The fourth-order valence-corrected chi connectivity index (χ4v) is 10.3. The van der Waals surface area contributed by atoms with E-state index in [9.17, 15) is 0 Å². The highest BCUT2D eigenvalue weighted by Gasteiger charge is 2.46. The van der Waals surface area contributed by atoms with Crippen LogP contribution in [-0.2, 0) is 5.41 Å². The molecule has 0 saturated carbocycles. The monoisotopic (exact) mass is 782 g/mol. The average molecular weight is 783 g/mol. The number of hydrogen-bond donors (Lipinski definition) is 0. The number of allylic oxidation sites excluding steroid dienone is 3. The summed E-state index contributed by atoms with van der Waals surface area (Å²) < 4.78 is 2.38. The number of para-hydroxylation sites is 2. The third-order valence-electron chi connectivity index (χ3n) is 13.2. The van der Waals surface area contributed by atoms with Gasteiger partial charge in [-0.05, 0) is 119 Å². The van der Waals surface area contributed by atoms with Crippen LogP contribution in [-0.4, -0.2) is 10.3 Å². The van der Waals surface area contributed by atoms with Crippen LogP contribution in [0, 0.1) is 0 Å². The summed E-state index contributed by atoms with van der Waals surface area (Å²) in [5, 5.41) is 2.54. The molecule has 2 heterocycles. The van der Waals surface area contributed by atoms with Crippen molar-refractivity contribution >= 4 is 38.8 Å². The van der Waals surface area contributed by atoms with E-state index in [1.165, 1.54) is 77.5 Å². The van der Waals surface area contributed by atoms with Gasteiger partial charge in [0.25, 0.3) is 0 Å². The van der Waals surface area contributed by atoms with Crippen molar-refractivity contribution in [1.29, 1.82) is 0 Å². The van der Waals surface area contributed by atoms with Crippen molar-refractivity contribution in [1.82, 2.24) is 4.57 Å². The van der Waals surface area contributed by atoms with Crippen LogP contribution in [0.2, 0.25) is 0 Å². The fraction of sp³-hybridized carbons (Fsp3) is 0.102. The van der Waals surface area contributed by atoms with Gasteiger partial charge in [-0.2, -0.15) is 0 Å². The van der Waals surface area contributed by atoms with Gasteiger partial charge in [-0.15, -0.1) is 0 Å². The van der Waals surface area contributed by atoms with E-state index in [4.69, 9.17) is 4.99 Å². The van der Waals surface area contributed by atoms with Crippen molar-refractivity contribution in [3.63, 3.8) is 0 Å². The van der Waals surface area contributed by atoms with Gasteiger partial charge in [-0.1, -0.05) is 188 Å². The average Bonchev–Trinajstić information content (AvgIpc) is 3.82. The molecule has 0 radical (unpaired) electrons. The molecule has 2 nitrogen and oxygen atoms in total. The standard InChI is InChI=1S/C59H46N2/c1-41-32-39-56(42-18-5-2-6-19-42)60-55(43-33-36-47(37-34-43)61-57-30-15-12-25-51(57)52-26-13-16-31-58(52)61)29-17-27-48(41)44-35-38-50-49-24-11-14-28-53(49)59(54(50)40-44,45-20-7-3-8-21-45)46-22-9-4-10-23-46/h2-16,18-26,28-31,33-38,40H,17,27,32,39H2,1H3/b48-41-,55-29-,60-56+. The summed E-state index contributed by atoms with van der Waals surface area (Å²) in [4.78, 5) is 5.51. The first-order chi connectivity index (χ1) is 30.2. The first-order valence-corrected chi connectivity index (χ1v) is 21.6. The van der Waals surface area contributed by atoms with Crippen molar-refractivity contribution < 1.29 is 0 Å². The Morgan fingerprint density at radius 2 is 1.02 bits per heavy atom. The summed E-state index contributed by atoms with van der Waals surface area (Å²) in [6, 6.07) is 75.8. The largest absolute Gasteiger partial charge is 0.309 e. The highest BCUT2D eigenvalue weighted by atomic mass is 15.0. The minimum Gasteiger partial charge on any atom is -0.309 e. The Bertz CT molecular complexity index is 3070. The van der Waals surface area contributed by atoms with Crippen LogP contribution in [0.15, 0.2) is 223 Å². The number of hydrogen-bond acceptors (Lipinski definition) is 1. The van der Waals surface area contributed by atoms with Gasteiger partial charge < -0.3 is 4.57 Å². The van der Waals surface area contributed by atoms with Gasteiger partial charge in [-0.3, -0.25) is 4.99 Å². The lowest BCUT2D eigenvalue weighted by Crippen LogP contribution is -2.28. The molecule has 1 aliphatic carbocycles. The lowest BCUT2D eigenvalue weighted by molar-refractivity contribution is 0.768. The Kier molecular flexibility index (Phi) is 9.27. The van der Waals surface area contributed by atoms with E-state index in [0.717, 1.165) is 48.3 Å². The Morgan fingerprint density at radius 3 is 1.69 bits per heavy atom. The molecule has 0 spiro atoms. The van der Waals surface area contributed by atoms with Gasteiger partial charge in [0.1, 0.15) is 0 Å². The zero-order chi connectivity index (χ0) is 40.8. The minimum atomic E-state index is -0.430. The predicted octanol–water partition coefficient (Wildman–Crippen LogP) is 15.0. The molecule has 2 aliphatic rings. The zero-order valence-corrected chi connectivity index (χ0v) is 34.4. The normalized spacial score (nSPS) is 17.9. The van der Waals surface area contributed by atoms with E-state index < -0.39 is 5.41 Å². The smallest absolute Gasteiger partial charge is 0.0713 e. The van der Waals surface area contributed by atoms with E-state index in [1.807, 2.05) is 0 Å². The van der Waals surface area contributed by atoms with Crippen LogP contribution in [0.3, 0.4) is 0 Å². The fourth-order valence-electron chi connectivity index (χ4n) is 10.3. The molecule has 292 valence electrons. The topological polar surface area (TPSA) is 17.3 Å². The van der Waals surface area contributed by atoms with Crippen molar-refractivity contribution in [3.8, 4) is 16.8 Å². The molecule has 0 amide bonds. The maximum Gasteiger partial charge on any atom is 0.0713 e. The molecule has 11 rings (SSSR count). The molecule has 0 unspecified atom stereocenters. The Balaban J connectivity index is 1.01. The van der Waals surface area contributed by atoms with Crippen molar-refractivity contribution in [2.75, 3.05) is 0 Å². The molecule has 2 heteroatoms. The Morgan fingerprint density at radius 1 is 0.459 bits per heavy atom. The lowest BCUT2D eigenvalue weighted by atomic mass is 9.67. The van der Waals surface area contributed by atoms with Crippen molar-refractivity contribution in [3.05, 3.63) is 257 Å². The first kappa shape index (κ1) is 36.8. The minimum absolute atomic E-state index is 0.430. The van der Waals surface area contributed by atoms with Crippen LogP contribution in [0.1, 0.15) is 71.6 Å². The number of nitrogens with zero attached hydrogens (tertiary/aromatic N) is 2. The van der Waals surface area contributed by atoms with Crippen molar-refractivity contribution in [2.24, 2.45) is 4.99 Å². The lowest BCUT2D eigenvalue weighted by Gasteiger charge is -2.34. The number of fused-ring (bicyclic) bond motifs is 6. The molecular weight excluding hydrogens is 737 g/mol. The van der Waals surface area contributed by atoms with Crippen LogP contribution in [0.5, 0.6) is 0 Å². The molecule has 8 aromatic carbocycles.